The van der Waals surface area contributed by atoms with E-state index in [0.29, 0.717) is 18.4 Å². The van der Waals surface area contributed by atoms with Crippen LogP contribution in [0.15, 0.2) is 71.8 Å². The smallest absolute Gasteiger partial charge is 0.124 e. The van der Waals surface area contributed by atoms with Crippen molar-refractivity contribution in [2.75, 3.05) is 0 Å². The summed E-state index contributed by atoms with van der Waals surface area (Å²) < 4.78 is 12.8. The predicted molar refractivity (Wildman–Crippen MR) is 124 cm³/mol. The highest BCUT2D eigenvalue weighted by molar-refractivity contribution is 5.48. The van der Waals surface area contributed by atoms with E-state index in [-0.39, 0.29) is 5.60 Å². The number of allylic oxidation sites excluding steroid dienone is 4. The van der Waals surface area contributed by atoms with Crippen molar-refractivity contribution in [1.29, 1.82) is 0 Å². The normalized spacial score (nSPS) is 24.7. The molecule has 0 saturated heterocycles. The lowest BCUT2D eigenvalue weighted by Crippen LogP contribution is -2.47. The molecule has 158 valence electrons. The largest absolute Gasteiger partial charge is 0.489 e. The van der Waals surface area contributed by atoms with Crippen molar-refractivity contribution in [1.82, 2.24) is 0 Å². The zero-order valence-electron chi connectivity index (χ0n) is 18.8. The minimum atomic E-state index is -0.132. The van der Waals surface area contributed by atoms with Crippen LogP contribution in [0.25, 0.3) is 0 Å². The molecular formula is C28H34O2. The van der Waals surface area contributed by atoms with Gasteiger partial charge in [-0.15, -0.1) is 0 Å². The SMILES string of the molecule is CC(C)=CCCC1(C)Oc2ccc(OCc3ccccc3)cc2C2C=C(C)CCC21. The van der Waals surface area contributed by atoms with Gasteiger partial charge in [0.1, 0.15) is 23.7 Å². The van der Waals surface area contributed by atoms with Gasteiger partial charge < -0.3 is 9.47 Å². The average molecular weight is 403 g/mol. The first-order chi connectivity index (χ1) is 14.4. The molecule has 0 fully saturated rings. The Morgan fingerprint density at radius 2 is 1.97 bits per heavy atom. The van der Waals surface area contributed by atoms with E-state index in [4.69, 9.17) is 9.47 Å². The van der Waals surface area contributed by atoms with E-state index in [1.165, 1.54) is 35.1 Å². The van der Waals surface area contributed by atoms with Gasteiger partial charge in [0.15, 0.2) is 0 Å². The van der Waals surface area contributed by atoms with Crippen LogP contribution < -0.4 is 9.47 Å². The van der Waals surface area contributed by atoms with Crippen molar-refractivity contribution in [2.45, 2.75) is 71.5 Å². The van der Waals surface area contributed by atoms with Crippen LogP contribution in [-0.2, 0) is 6.61 Å². The monoisotopic (exact) mass is 402 g/mol. The Kier molecular flexibility index (Phi) is 6.04. The van der Waals surface area contributed by atoms with E-state index in [2.05, 4.69) is 82.3 Å². The summed E-state index contributed by atoms with van der Waals surface area (Å²) in [5, 5.41) is 0. The van der Waals surface area contributed by atoms with E-state index in [1.807, 2.05) is 6.07 Å². The highest BCUT2D eigenvalue weighted by Gasteiger charge is 2.46. The third-order valence-electron chi connectivity index (χ3n) is 6.66. The molecule has 1 aliphatic heterocycles. The Balaban J connectivity index is 1.60. The molecule has 2 aliphatic rings. The molecule has 0 N–H and O–H groups in total. The molecule has 0 amide bonds. The number of rotatable bonds is 6. The topological polar surface area (TPSA) is 18.5 Å². The second kappa shape index (κ2) is 8.71. The van der Waals surface area contributed by atoms with Crippen LogP contribution in [0.4, 0.5) is 0 Å². The zero-order valence-corrected chi connectivity index (χ0v) is 18.8. The van der Waals surface area contributed by atoms with E-state index in [9.17, 15) is 0 Å². The van der Waals surface area contributed by atoms with Gasteiger partial charge >= 0.3 is 0 Å². The predicted octanol–water partition coefficient (Wildman–Crippen LogP) is 7.60. The Hall–Kier alpha value is -2.48. The number of fused-ring (bicyclic) bond motifs is 3. The van der Waals surface area contributed by atoms with E-state index in [1.54, 1.807) is 0 Å². The summed E-state index contributed by atoms with van der Waals surface area (Å²) in [6, 6.07) is 16.7. The van der Waals surface area contributed by atoms with Crippen LogP contribution in [0.2, 0.25) is 0 Å². The molecule has 3 atom stereocenters. The minimum absolute atomic E-state index is 0.132. The molecule has 2 heteroatoms. The van der Waals surface area contributed by atoms with Crippen molar-refractivity contribution in [2.24, 2.45) is 5.92 Å². The maximum Gasteiger partial charge on any atom is 0.124 e. The maximum absolute atomic E-state index is 6.71. The number of hydrogen-bond acceptors (Lipinski definition) is 2. The number of ether oxygens (including phenoxy) is 2. The molecule has 4 rings (SSSR count). The first-order valence-corrected chi connectivity index (χ1v) is 11.2. The fourth-order valence-electron chi connectivity index (χ4n) is 4.98. The number of hydrogen-bond donors (Lipinski definition) is 0. The van der Waals surface area contributed by atoms with Crippen LogP contribution in [0.5, 0.6) is 11.5 Å². The molecule has 1 aliphatic carbocycles. The zero-order chi connectivity index (χ0) is 21.1. The van der Waals surface area contributed by atoms with Crippen molar-refractivity contribution in [3.63, 3.8) is 0 Å². The van der Waals surface area contributed by atoms with Crippen LogP contribution in [0.3, 0.4) is 0 Å². The lowest BCUT2D eigenvalue weighted by Gasteiger charge is -2.48. The third kappa shape index (κ3) is 4.48. The molecule has 30 heavy (non-hydrogen) atoms. The second-order valence-corrected chi connectivity index (χ2v) is 9.39. The van der Waals surface area contributed by atoms with Gasteiger partial charge in [-0.05, 0) is 77.1 Å². The van der Waals surface area contributed by atoms with Crippen LogP contribution in [-0.4, -0.2) is 5.60 Å². The summed E-state index contributed by atoms with van der Waals surface area (Å²) in [6.45, 7) is 9.52. The first kappa shape index (κ1) is 20.8. The lowest BCUT2D eigenvalue weighted by molar-refractivity contribution is -0.0116. The average Bonchev–Trinajstić information content (AvgIpc) is 2.73. The Morgan fingerprint density at radius 1 is 1.17 bits per heavy atom. The van der Waals surface area contributed by atoms with Crippen molar-refractivity contribution in [3.05, 3.63) is 83.0 Å². The summed E-state index contributed by atoms with van der Waals surface area (Å²) in [7, 11) is 0. The summed E-state index contributed by atoms with van der Waals surface area (Å²) >= 11 is 0. The van der Waals surface area contributed by atoms with Gasteiger partial charge in [-0.2, -0.15) is 0 Å². The molecule has 0 radical (unpaired) electrons. The second-order valence-electron chi connectivity index (χ2n) is 9.39. The highest BCUT2D eigenvalue weighted by atomic mass is 16.5. The van der Waals surface area contributed by atoms with E-state index >= 15 is 0 Å². The molecule has 0 spiro atoms. The molecule has 1 heterocycles. The van der Waals surface area contributed by atoms with Gasteiger partial charge in [0.25, 0.3) is 0 Å². The van der Waals surface area contributed by atoms with Gasteiger partial charge in [0.05, 0.1) is 0 Å². The minimum Gasteiger partial charge on any atom is -0.489 e. The summed E-state index contributed by atoms with van der Waals surface area (Å²) in [5.41, 5.74) is 5.21. The number of benzene rings is 2. The Morgan fingerprint density at radius 3 is 2.73 bits per heavy atom. The summed E-state index contributed by atoms with van der Waals surface area (Å²) in [4.78, 5) is 0. The molecule has 2 aromatic rings. The third-order valence-corrected chi connectivity index (χ3v) is 6.66. The van der Waals surface area contributed by atoms with Crippen molar-refractivity contribution < 1.29 is 9.47 Å². The van der Waals surface area contributed by atoms with Crippen molar-refractivity contribution >= 4 is 0 Å². The molecule has 2 aromatic carbocycles. The maximum atomic E-state index is 6.71. The van der Waals surface area contributed by atoms with Gasteiger partial charge in [-0.1, -0.05) is 53.6 Å². The fraction of sp³-hybridized carbons (Fsp3) is 0.429. The summed E-state index contributed by atoms with van der Waals surface area (Å²) in [6.07, 6.45) is 9.30. The van der Waals surface area contributed by atoms with Crippen LogP contribution >= 0.6 is 0 Å². The highest BCUT2D eigenvalue weighted by Crippen LogP contribution is 2.52. The summed E-state index contributed by atoms with van der Waals surface area (Å²) in [5.74, 6) is 2.85. The molecular weight excluding hydrogens is 368 g/mol. The lowest BCUT2D eigenvalue weighted by atomic mass is 9.66. The van der Waals surface area contributed by atoms with E-state index in [0.717, 1.165) is 24.3 Å². The van der Waals surface area contributed by atoms with Crippen molar-refractivity contribution in [3.8, 4) is 11.5 Å². The first-order valence-electron chi connectivity index (χ1n) is 11.2. The molecule has 0 bridgehead atoms. The Labute approximate surface area is 181 Å². The van der Waals surface area contributed by atoms with Crippen LogP contribution in [0, 0.1) is 5.92 Å². The molecule has 2 nitrogen and oxygen atoms in total. The molecule has 0 saturated carbocycles. The standard InChI is InChI=1S/C28H34O2/c1-20(2)9-8-16-28(4)26-14-12-21(3)17-24(26)25-18-23(13-15-27(25)30-28)29-19-22-10-6-5-7-11-22/h5-7,9-11,13,15,17-18,24,26H,8,12,14,16,19H2,1-4H3. The van der Waals surface area contributed by atoms with Gasteiger partial charge in [0.2, 0.25) is 0 Å². The Bertz CT molecular complexity index is 936. The van der Waals surface area contributed by atoms with Gasteiger partial charge in [0, 0.05) is 17.4 Å². The quantitative estimate of drug-likeness (QED) is 0.463. The van der Waals surface area contributed by atoms with Gasteiger partial charge in [-0.25, -0.2) is 0 Å². The fourth-order valence-corrected chi connectivity index (χ4v) is 4.98. The molecule has 0 aromatic heterocycles. The molecule has 3 unspecified atom stereocenters. The van der Waals surface area contributed by atoms with Crippen LogP contribution in [0.1, 0.15) is 70.4 Å². The van der Waals surface area contributed by atoms with E-state index < -0.39 is 0 Å². The van der Waals surface area contributed by atoms with Gasteiger partial charge in [-0.3, -0.25) is 0 Å².